The highest BCUT2D eigenvalue weighted by atomic mass is 16.3. The molecule has 0 saturated heterocycles. The van der Waals surface area contributed by atoms with E-state index >= 15 is 0 Å². The molecule has 0 rings (SSSR count). The normalized spacial score (nSPS) is 16.9. The largest absolute Gasteiger partial charge is 0.392 e. The summed E-state index contributed by atoms with van der Waals surface area (Å²) in [6.45, 7) is 5.58. The molecular weight excluding hydrogens is 140 g/mol. The maximum atomic E-state index is 8.96. The number of rotatable bonds is 5. The van der Waals surface area contributed by atoms with E-state index in [0.29, 0.717) is 12.6 Å². The van der Waals surface area contributed by atoms with E-state index in [-0.39, 0.29) is 6.10 Å². The van der Waals surface area contributed by atoms with Crippen LogP contribution in [0.5, 0.6) is 0 Å². The lowest BCUT2D eigenvalue weighted by Crippen LogP contribution is -2.39. The quantitative estimate of drug-likeness (QED) is 0.590. The van der Waals surface area contributed by atoms with Crippen LogP contribution in [0.25, 0.3) is 0 Å². The van der Waals surface area contributed by atoms with E-state index in [1.165, 1.54) is 0 Å². The third kappa shape index (κ3) is 7.78. The van der Waals surface area contributed by atoms with Crippen molar-refractivity contribution in [2.45, 2.75) is 26.0 Å². The fourth-order valence-electron chi connectivity index (χ4n) is 0.984. The topological polar surface area (TPSA) is 35.5 Å². The number of aliphatic hydroxyl groups is 1. The number of hydrogen-bond acceptors (Lipinski definition) is 3. The highest BCUT2D eigenvalue weighted by Crippen LogP contribution is 1.85. The molecule has 0 aliphatic heterocycles. The zero-order chi connectivity index (χ0) is 8.85. The first-order chi connectivity index (χ1) is 5.02. The third-order valence-corrected chi connectivity index (χ3v) is 1.40. The number of nitrogens with zero attached hydrogens (tertiary/aromatic N) is 1. The van der Waals surface area contributed by atoms with Gasteiger partial charge in [-0.2, -0.15) is 0 Å². The summed E-state index contributed by atoms with van der Waals surface area (Å²) in [5.74, 6) is 0. The summed E-state index contributed by atoms with van der Waals surface area (Å²) in [5, 5.41) is 12.2. The van der Waals surface area contributed by atoms with Crippen LogP contribution >= 0.6 is 0 Å². The van der Waals surface area contributed by atoms with Crippen molar-refractivity contribution >= 4 is 0 Å². The van der Waals surface area contributed by atoms with Gasteiger partial charge in [0.05, 0.1) is 6.10 Å². The van der Waals surface area contributed by atoms with Crippen LogP contribution in [0, 0.1) is 0 Å². The summed E-state index contributed by atoms with van der Waals surface area (Å²) >= 11 is 0. The van der Waals surface area contributed by atoms with Gasteiger partial charge in [-0.3, -0.25) is 0 Å². The molecule has 0 radical (unpaired) electrons. The maximum Gasteiger partial charge on any atom is 0.0636 e. The van der Waals surface area contributed by atoms with Crippen molar-refractivity contribution in [3.05, 3.63) is 0 Å². The van der Waals surface area contributed by atoms with Crippen LogP contribution < -0.4 is 5.32 Å². The molecule has 0 aromatic carbocycles. The van der Waals surface area contributed by atoms with Gasteiger partial charge in [0.15, 0.2) is 0 Å². The molecule has 0 bridgehead atoms. The van der Waals surface area contributed by atoms with E-state index in [1.54, 1.807) is 6.92 Å². The van der Waals surface area contributed by atoms with Crippen LogP contribution in [0.1, 0.15) is 13.8 Å². The highest BCUT2D eigenvalue weighted by molar-refractivity contribution is 4.64. The van der Waals surface area contributed by atoms with Gasteiger partial charge in [-0.25, -0.2) is 0 Å². The smallest absolute Gasteiger partial charge is 0.0636 e. The van der Waals surface area contributed by atoms with Gasteiger partial charge in [0.25, 0.3) is 0 Å². The Morgan fingerprint density at radius 2 is 1.91 bits per heavy atom. The van der Waals surface area contributed by atoms with Crippen LogP contribution in [0.15, 0.2) is 0 Å². The Hall–Kier alpha value is -0.120. The SMILES string of the molecule is CC(CN(C)C)NC[C@H](C)O. The Labute approximate surface area is 69.4 Å². The van der Waals surface area contributed by atoms with Gasteiger partial charge in [-0.15, -0.1) is 0 Å². The molecule has 0 aromatic heterocycles. The second-order valence-electron chi connectivity index (χ2n) is 3.42. The van der Waals surface area contributed by atoms with Crippen LogP contribution in [-0.4, -0.2) is 49.3 Å². The highest BCUT2D eigenvalue weighted by Gasteiger charge is 2.03. The molecule has 0 aliphatic carbocycles. The Kier molecular flexibility index (Phi) is 5.46. The molecule has 0 fully saturated rings. The summed E-state index contributed by atoms with van der Waals surface area (Å²) in [7, 11) is 4.08. The predicted octanol–water partition coefficient (Wildman–Crippen LogP) is -0.0931. The lowest BCUT2D eigenvalue weighted by molar-refractivity contribution is 0.183. The molecule has 0 aliphatic rings. The van der Waals surface area contributed by atoms with Gasteiger partial charge in [-0.1, -0.05) is 0 Å². The minimum absolute atomic E-state index is 0.250. The Balaban J connectivity index is 3.29. The lowest BCUT2D eigenvalue weighted by atomic mass is 10.3. The monoisotopic (exact) mass is 160 g/mol. The van der Waals surface area contributed by atoms with E-state index in [9.17, 15) is 0 Å². The molecule has 3 heteroatoms. The fraction of sp³-hybridized carbons (Fsp3) is 1.00. The zero-order valence-electron chi connectivity index (χ0n) is 7.96. The van der Waals surface area contributed by atoms with Crippen molar-refractivity contribution in [1.29, 1.82) is 0 Å². The second-order valence-corrected chi connectivity index (χ2v) is 3.42. The van der Waals surface area contributed by atoms with Crippen LogP contribution in [0.3, 0.4) is 0 Å². The Morgan fingerprint density at radius 3 is 2.27 bits per heavy atom. The van der Waals surface area contributed by atoms with Gasteiger partial charge in [0, 0.05) is 19.1 Å². The van der Waals surface area contributed by atoms with Crippen molar-refractivity contribution in [3.63, 3.8) is 0 Å². The molecule has 1 unspecified atom stereocenters. The number of nitrogens with one attached hydrogen (secondary N) is 1. The van der Waals surface area contributed by atoms with Crippen molar-refractivity contribution in [3.8, 4) is 0 Å². The van der Waals surface area contributed by atoms with E-state index in [2.05, 4.69) is 17.1 Å². The lowest BCUT2D eigenvalue weighted by Gasteiger charge is -2.18. The van der Waals surface area contributed by atoms with E-state index in [0.717, 1.165) is 6.54 Å². The Morgan fingerprint density at radius 1 is 1.36 bits per heavy atom. The predicted molar refractivity (Wildman–Crippen MR) is 47.7 cm³/mol. The summed E-state index contributed by atoms with van der Waals surface area (Å²) < 4.78 is 0. The van der Waals surface area contributed by atoms with Crippen LogP contribution in [0.2, 0.25) is 0 Å². The van der Waals surface area contributed by atoms with E-state index in [1.807, 2.05) is 14.1 Å². The molecule has 0 amide bonds. The molecule has 0 heterocycles. The van der Waals surface area contributed by atoms with Gasteiger partial charge in [0.2, 0.25) is 0 Å². The van der Waals surface area contributed by atoms with Crippen LogP contribution in [0.4, 0.5) is 0 Å². The minimum atomic E-state index is -0.250. The molecule has 68 valence electrons. The fourth-order valence-corrected chi connectivity index (χ4v) is 0.984. The molecule has 2 N–H and O–H groups in total. The van der Waals surface area contributed by atoms with Gasteiger partial charge >= 0.3 is 0 Å². The molecule has 3 nitrogen and oxygen atoms in total. The molecule has 0 saturated carbocycles. The molecule has 0 spiro atoms. The molecule has 0 aromatic rings. The standard InChI is InChI=1S/C8H20N2O/c1-7(6-10(3)4)9-5-8(2)11/h7-9,11H,5-6H2,1-4H3/t7?,8-/m0/s1. The minimum Gasteiger partial charge on any atom is -0.392 e. The number of hydrogen-bond donors (Lipinski definition) is 2. The summed E-state index contributed by atoms with van der Waals surface area (Å²) in [5.41, 5.74) is 0. The molecule has 2 atom stereocenters. The average molecular weight is 160 g/mol. The van der Waals surface area contributed by atoms with Crippen LogP contribution in [-0.2, 0) is 0 Å². The van der Waals surface area contributed by atoms with Crippen molar-refractivity contribution in [2.24, 2.45) is 0 Å². The van der Waals surface area contributed by atoms with Gasteiger partial charge < -0.3 is 15.3 Å². The van der Waals surface area contributed by atoms with Gasteiger partial charge in [0.1, 0.15) is 0 Å². The number of aliphatic hydroxyl groups excluding tert-OH is 1. The molecule has 11 heavy (non-hydrogen) atoms. The van der Waals surface area contributed by atoms with Gasteiger partial charge in [-0.05, 0) is 27.9 Å². The average Bonchev–Trinajstić information content (AvgIpc) is 1.82. The van der Waals surface area contributed by atoms with E-state index < -0.39 is 0 Å². The number of likely N-dealkylation sites (N-methyl/N-ethyl adjacent to an activating group) is 1. The maximum absolute atomic E-state index is 8.96. The van der Waals surface area contributed by atoms with Crippen molar-refractivity contribution < 1.29 is 5.11 Å². The third-order valence-electron chi connectivity index (χ3n) is 1.40. The molecular formula is C8H20N2O. The van der Waals surface area contributed by atoms with Crippen molar-refractivity contribution in [2.75, 3.05) is 27.2 Å². The second kappa shape index (κ2) is 5.52. The van der Waals surface area contributed by atoms with E-state index in [4.69, 9.17) is 5.11 Å². The zero-order valence-corrected chi connectivity index (χ0v) is 7.96. The van der Waals surface area contributed by atoms with Crippen molar-refractivity contribution in [1.82, 2.24) is 10.2 Å². The summed E-state index contributed by atoms with van der Waals surface area (Å²) in [6, 6.07) is 0.444. The first-order valence-electron chi connectivity index (χ1n) is 4.08. The first-order valence-corrected chi connectivity index (χ1v) is 4.08. The summed E-state index contributed by atoms with van der Waals surface area (Å²) in [4.78, 5) is 2.12. The Bertz CT molecular complexity index is 94.1. The summed E-state index contributed by atoms with van der Waals surface area (Å²) in [6.07, 6.45) is -0.250. The first kappa shape index (κ1) is 10.9.